The Hall–Kier alpha value is -1.98. The molecule has 19 heavy (non-hydrogen) atoms. The van der Waals surface area contributed by atoms with Crippen molar-refractivity contribution in [1.82, 2.24) is 0 Å². The van der Waals surface area contributed by atoms with Crippen LogP contribution in [0.5, 0.6) is 11.5 Å². The van der Waals surface area contributed by atoms with Gasteiger partial charge in [0.1, 0.15) is 18.1 Å². The van der Waals surface area contributed by atoms with Crippen LogP contribution in [-0.4, -0.2) is 32.5 Å². The second-order valence-corrected chi connectivity index (χ2v) is 4.55. The Morgan fingerprint density at radius 2 is 2.11 bits per heavy atom. The number of rotatable bonds is 5. The second kappa shape index (κ2) is 4.95. The van der Waals surface area contributed by atoms with Gasteiger partial charge in [0.2, 0.25) is 0 Å². The minimum Gasteiger partial charge on any atom is -0.497 e. The van der Waals surface area contributed by atoms with E-state index in [1.165, 1.54) is 14.2 Å². The smallest absolute Gasteiger partial charge is 0.312 e. The molecule has 1 saturated carbocycles. The van der Waals surface area contributed by atoms with Gasteiger partial charge in [0.15, 0.2) is 5.67 Å². The Bertz CT molecular complexity index is 494. The van der Waals surface area contributed by atoms with Crippen molar-refractivity contribution in [3.63, 3.8) is 0 Å². The Labute approximate surface area is 110 Å². The molecule has 2 N–H and O–H groups in total. The molecule has 0 amide bonds. The van der Waals surface area contributed by atoms with Gasteiger partial charge in [-0.25, -0.2) is 4.39 Å². The Balaban J connectivity index is 1.97. The molecule has 5 nitrogen and oxygen atoms in total. The first-order valence-corrected chi connectivity index (χ1v) is 5.82. The van der Waals surface area contributed by atoms with Gasteiger partial charge in [-0.2, -0.15) is 0 Å². The molecule has 1 aliphatic rings. The number of carbonyl (C=O) groups excluding carboxylic acids is 1. The van der Waals surface area contributed by atoms with E-state index in [0.717, 1.165) is 0 Å². The first-order valence-electron chi connectivity index (χ1n) is 5.82. The average Bonchev–Trinajstić information content (AvgIpc) is 3.07. The van der Waals surface area contributed by atoms with E-state index in [-0.39, 0.29) is 13.0 Å². The third-order valence-electron chi connectivity index (χ3n) is 3.11. The van der Waals surface area contributed by atoms with Gasteiger partial charge in [0.05, 0.1) is 20.1 Å². The van der Waals surface area contributed by atoms with E-state index in [9.17, 15) is 9.18 Å². The van der Waals surface area contributed by atoms with E-state index in [2.05, 4.69) is 4.74 Å². The molecule has 1 aliphatic carbocycles. The van der Waals surface area contributed by atoms with Crippen LogP contribution >= 0.6 is 0 Å². The highest BCUT2D eigenvalue weighted by Crippen LogP contribution is 2.48. The monoisotopic (exact) mass is 269 g/mol. The Kier molecular flexibility index (Phi) is 3.50. The van der Waals surface area contributed by atoms with Crippen LogP contribution in [0, 0.1) is 5.92 Å². The topological polar surface area (TPSA) is 70.8 Å². The normalized spacial score (nSPS) is 24.7. The van der Waals surface area contributed by atoms with Gasteiger partial charge in [-0.3, -0.25) is 4.79 Å². The molecule has 1 aromatic rings. The van der Waals surface area contributed by atoms with E-state index in [0.29, 0.717) is 17.2 Å². The number of halogens is 1. The minimum absolute atomic E-state index is 0.124. The molecule has 0 saturated heterocycles. The Morgan fingerprint density at radius 3 is 2.74 bits per heavy atom. The molecule has 6 heteroatoms. The minimum atomic E-state index is -1.65. The largest absolute Gasteiger partial charge is 0.497 e. The summed E-state index contributed by atoms with van der Waals surface area (Å²) in [5, 5.41) is 0. The zero-order chi connectivity index (χ0) is 14.0. The van der Waals surface area contributed by atoms with Crippen LogP contribution in [0.15, 0.2) is 18.2 Å². The van der Waals surface area contributed by atoms with Crippen molar-refractivity contribution < 1.29 is 23.4 Å². The number of hydrogen-bond acceptors (Lipinski definition) is 5. The van der Waals surface area contributed by atoms with E-state index in [4.69, 9.17) is 15.2 Å². The van der Waals surface area contributed by atoms with E-state index < -0.39 is 17.6 Å². The fourth-order valence-corrected chi connectivity index (χ4v) is 1.87. The summed E-state index contributed by atoms with van der Waals surface area (Å²) >= 11 is 0. The SMILES string of the molecule is COC(=O)[C@@H]1C[C@]1(F)COc1cc(N)cc(OC)c1. The quantitative estimate of drug-likeness (QED) is 0.648. The number of esters is 1. The number of alkyl halides is 1. The highest BCUT2D eigenvalue weighted by atomic mass is 19.1. The lowest BCUT2D eigenvalue weighted by Gasteiger charge is -2.11. The van der Waals surface area contributed by atoms with Gasteiger partial charge in [-0.05, 0) is 0 Å². The zero-order valence-electron chi connectivity index (χ0n) is 10.8. The molecular weight excluding hydrogens is 253 g/mol. The number of methoxy groups -OCH3 is 2. The average molecular weight is 269 g/mol. The molecule has 0 spiro atoms. The van der Waals surface area contributed by atoms with Crippen LogP contribution in [-0.2, 0) is 9.53 Å². The van der Waals surface area contributed by atoms with Gasteiger partial charge in [0, 0.05) is 30.3 Å². The zero-order valence-corrected chi connectivity index (χ0v) is 10.8. The number of ether oxygens (including phenoxy) is 3. The summed E-state index contributed by atoms with van der Waals surface area (Å²) in [5.74, 6) is -0.343. The summed E-state index contributed by atoms with van der Waals surface area (Å²) in [6, 6.07) is 4.81. The molecule has 0 unspecified atom stereocenters. The lowest BCUT2D eigenvalue weighted by Crippen LogP contribution is -2.21. The van der Waals surface area contributed by atoms with Gasteiger partial charge >= 0.3 is 5.97 Å². The van der Waals surface area contributed by atoms with Crippen molar-refractivity contribution in [2.45, 2.75) is 12.1 Å². The summed E-state index contributed by atoms with van der Waals surface area (Å²) in [7, 11) is 2.74. The van der Waals surface area contributed by atoms with E-state index >= 15 is 0 Å². The molecular formula is C13H16FNO4. The van der Waals surface area contributed by atoms with E-state index in [1.807, 2.05) is 0 Å². The molecule has 2 rings (SSSR count). The second-order valence-electron chi connectivity index (χ2n) is 4.55. The van der Waals surface area contributed by atoms with Crippen LogP contribution in [0.4, 0.5) is 10.1 Å². The van der Waals surface area contributed by atoms with Gasteiger partial charge in [-0.15, -0.1) is 0 Å². The van der Waals surface area contributed by atoms with Crippen molar-refractivity contribution in [1.29, 1.82) is 0 Å². The maximum Gasteiger partial charge on any atom is 0.312 e. The van der Waals surface area contributed by atoms with Gasteiger partial charge in [-0.1, -0.05) is 0 Å². The summed E-state index contributed by atoms with van der Waals surface area (Å²) in [6.07, 6.45) is 0.124. The summed E-state index contributed by atoms with van der Waals surface area (Å²) in [5.41, 5.74) is 4.47. The number of hydrogen-bond donors (Lipinski definition) is 1. The fourth-order valence-electron chi connectivity index (χ4n) is 1.87. The molecule has 1 fully saturated rings. The third-order valence-corrected chi connectivity index (χ3v) is 3.11. The summed E-state index contributed by atoms with van der Waals surface area (Å²) in [4.78, 5) is 11.2. The lowest BCUT2D eigenvalue weighted by atomic mass is 10.2. The van der Waals surface area contributed by atoms with Crippen molar-refractivity contribution in [3.05, 3.63) is 18.2 Å². The highest BCUT2D eigenvalue weighted by Gasteiger charge is 2.61. The van der Waals surface area contributed by atoms with Crippen molar-refractivity contribution in [2.75, 3.05) is 26.6 Å². The van der Waals surface area contributed by atoms with Crippen LogP contribution in [0.2, 0.25) is 0 Å². The summed E-state index contributed by atoms with van der Waals surface area (Å²) < 4.78 is 29.0. The van der Waals surface area contributed by atoms with Crippen LogP contribution in [0.3, 0.4) is 0 Å². The predicted octanol–water partition coefficient (Wildman–Crippen LogP) is 1.56. The fraction of sp³-hybridized carbons (Fsp3) is 0.462. The molecule has 2 atom stereocenters. The molecule has 1 aromatic carbocycles. The Morgan fingerprint density at radius 1 is 1.42 bits per heavy atom. The number of anilines is 1. The standard InChI is InChI=1S/C13H16FNO4/c1-17-9-3-8(15)4-10(5-9)19-7-13(14)6-11(13)12(16)18-2/h3-5,11H,6-7,15H2,1-2H3/t11-,13-/m0/s1. The van der Waals surface area contributed by atoms with Gasteiger partial charge < -0.3 is 19.9 Å². The van der Waals surface area contributed by atoms with Gasteiger partial charge in [0.25, 0.3) is 0 Å². The maximum absolute atomic E-state index is 14.1. The number of nitrogen functional groups attached to an aromatic ring is 1. The van der Waals surface area contributed by atoms with Crippen LogP contribution in [0.25, 0.3) is 0 Å². The molecule has 0 aliphatic heterocycles. The maximum atomic E-state index is 14.1. The van der Waals surface area contributed by atoms with E-state index in [1.54, 1.807) is 18.2 Å². The molecule has 0 aromatic heterocycles. The molecule has 0 heterocycles. The van der Waals surface area contributed by atoms with Crippen molar-refractivity contribution in [3.8, 4) is 11.5 Å². The van der Waals surface area contributed by atoms with Crippen molar-refractivity contribution in [2.24, 2.45) is 5.92 Å². The molecule has 0 bridgehead atoms. The first kappa shape index (κ1) is 13.5. The highest BCUT2D eigenvalue weighted by molar-refractivity contribution is 5.77. The van der Waals surface area contributed by atoms with Crippen LogP contribution in [0.1, 0.15) is 6.42 Å². The molecule has 104 valence electrons. The predicted molar refractivity (Wildman–Crippen MR) is 66.9 cm³/mol. The first-order chi connectivity index (χ1) is 8.98. The number of benzene rings is 1. The number of carbonyl (C=O) groups is 1. The van der Waals surface area contributed by atoms with Crippen molar-refractivity contribution >= 4 is 11.7 Å². The number of nitrogens with two attached hydrogens (primary N) is 1. The lowest BCUT2D eigenvalue weighted by molar-refractivity contribution is -0.143. The summed E-state index contributed by atoms with van der Waals surface area (Å²) in [6.45, 7) is -0.209. The van der Waals surface area contributed by atoms with Crippen LogP contribution < -0.4 is 15.2 Å². The molecule has 0 radical (unpaired) electrons. The third kappa shape index (κ3) is 2.89.